The van der Waals surface area contributed by atoms with Crippen LogP contribution in [-0.2, 0) is 14.2 Å². The lowest BCUT2D eigenvalue weighted by atomic mass is 10.2. The molecule has 2 rings (SSSR count). The number of carbonyl (C=O) groups is 1. The predicted molar refractivity (Wildman–Crippen MR) is 102 cm³/mol. The van der Waals surface area contributed by atoms with Crippen LogP contribution in [0.1, 0.15) is 43.4 Å². The molecule has 0 bridgehead atoms. The van der Waals surface area contributed by atoms with Crippen LogP contribution in [0.4, 0.5) is 4.79 Å². The molecule has 0 saturated carbocycles. The Morgan fingerprint density at radius 2 is 1.81 bits per heavy atom. The molecule has 158 valence electrons. The molecule has 2 saturated heterocycles. The zero-order valence-electron chi connectivity index (χ0n) is 17.0. The van der Waals surface area contributed by atoms with Crippen LogP contribution in [0.25, 0.3) is 0 Å². The van der Waals surface area contributed by atoms with Gasteiger partial charge in [0.25, 0.3) is 0 Å². The number of aliphatic hydroxyl groups is 2. The van der Waals surface area contributed by atoms with E-state index in [4.69, 9.17) is 20.7 Å². The van der Waals surface area contributed by atoms with Crippen LogP contribution >= 0.6 is 0 Å². The summed E-state index contributed by atoms with van der Waals surface area (Å²) in [6.45, 7) is 11.9. The SMILES string of the molecule is C.CC(C)(C)OC(=O)N1CCOCC(O)C1.OC1CNCCOC1.[2H]CC. The molecule has 0 radical (unpaired) electrons. The van der Waals surface area contributed by atoms with Gasteiger partial charge in [-0.25, -0.2) is 4.79 Å². The standard InChI is InChI=1S/C10H19NO4.C5H11NO2.C2H6.CH4/c1-10(2,3)15-9(13)11-4-5-14-7-8(12)6-11;7-5-3-6-1-2-8-4-5;1-2;/h8,12H,4-7H2,1-3H3;5-7H,1-4H2;1-2H3;1H4/i;;1D;. The minimum atomic E-state index is -0.625. The second kappa shape index (κ2) is 15.2. The lowest BCUT2D eigenvalue weighted by Gasteiger charge is -2.26. The van der Waals surface area contributed by atoms with E-state index in [1.54, 1.807) is 6.92 Å². The van der Waals surface area contributed by atoms with Crippen molar-refractivity contribution in [3.63, 3.8) is 0 Å². The van der Waals surface area contributed by atoms with Crippen molar-refractivity contribution in [2.75, 3.05) is 52.6 Å². The van der Waals surface area contributed by atoms with Crippen molar-refractivity contribution in [3.8, 4) is 0 Å². The summed E-state index contributed by atoms with van der Waals surface area (Å²) in [6.07, 6.45) is -1.33. The first-order chi connectivity index (χ1) is 12.2. The number of rotatable bonds is 0. The number of nitrogens with zero attached hydrogens (tertiary/aromatic N) is 1. The molecule has 2 fully saturated rings. The topological polar surface area (TPSA) is 100 Å². The first-order valence-corrected chi connectivity index (χ1v) is 8.69. The molecule has 2 unspecified atom stereocenters. The third-order valence-corrected chi connectivity index (χ3v) is 3.01. The summed E-state index contributed by atoms with van der Waals surface area (Å²) in [5.74, 6) is 0. The summed E-state index contributed by atoms with van der Waals surface area (Å²) < 4.78 is 21.5. The molecular weight excluding hydrogens is 340 g/mol. The fraction of sp³-hybridized carbons (Fsp3) is 0.944. The van der Waals surface area contributed by atoms with E-state index >= 15 is 0 Å². The van der Waals surface area contributed by atoms with Crippen LogP contribution < -0.4 is 5.32 Å². The maximum atomic E-state index is 11.6. The average Bonchev–Trinajstić information content (AvgIpc) is 2.89. The third kappa shape index (κ3) is 14.3. The highest BCUT2D eigenvalue weighted by atomic mass is 16.6. The first-order valence-electron chi connectivity index (χ1n) is 9.39. The Hall–Kier alpha value is -0.930. The van der Waals surface area contributed by atoms with E-state index in [-0.39, 0.29) is 26.7 Å². The van der Waals surface area contributed by atoms with Gasteiger partial charge in [0, 0.05) is 21.0 Å². The van der Waals surface area contributed by atoms with Gasteiger partial charge >= 0.3 is 6.09 Å². The van der Waals surface area contributed by atoms with Crippen molar-refractivity contribution in [2.24, 2.45) is 0 Å². The van der Waals surface area contributed by atoms with Gasteiger partial charge in [-0.15, -0.1) is 0 Å². The van der Waals surface area contributed by atoms with Crippen LogP contribution in [0.3, 0.4) is 0 Å². The highest BCUT2D eigenvalue weighted by Gasteiger charge is 2.25. The van der Waals surface area contributed by atoms with Crippen LogP contribution in [0.2, 0.25) is 0 Å². The maximum absolute atomic E-state index is 11.6. The van der Waals surface area contributed by atoms with Gasteiger partial charge in [0.2, 0.25) is 0 Å². The highest BCUT2D eigenvalue weighted by molar-refractivity contribution is 5.68. The molecule has 0 aromatic heterocycles. The molecule has 8 heteroatoms. The molecule has 0 aromatic rings. The second-order valence-electron chi connectivity index (χ2n) is 6.59. The Morgan fingerprint density at radius 3 is 2.42 bits per heavy atom. The Morgan fingerprint density at radius 1 is 1.23 bits per heavy atom. The van der Waals surface area contributed by atoms with Crippen molar-refractivity contribution < 1.29 is 30.6 Å². The zero-order chi connectivity index (χ0) is 20.0. The van der Waals surface area contributed by atoms with E-state index in [1.165, 1.54) is 4.90 Å². The van der Waals surface area contributed by atoms with Gasteiger partial charge in [-0.1, -0.05) is 21.3 Å². The molecule has 0 aliphatic carbocycles. The summed E-state index contributed by atoms with van der Waals surface area (Å²) >= 11 is 0. The summed E-state index contributed by atoms with van der Waals surface area (Å²) in [5, 5.41) is 21.4. The summed E-state index contributed by atoms with van der Waals surface area (Å²) in [6, 6.07) is 0. The molecule has 1 amide bonds. The third-order valence-electron chi connectivity index (χ3n) is 3.01. The number of ether oxygens (including phenoxy) is 3. The smallest absolute Gasteiger partial charge is 0.410 e. The fourth-order valence-corrected chi connectivity index (χ4v) is 1.98. The number of carbonyl (C=O) groups excluding carboxylic acids is 1. The summed E-state index contributed by atoms with van der Waals surface area (Å²) in [5.41, 5.74) is -0.505. The lowest BCUT2D eigenvalue weighted by molar-refractivity contribution is 0.0181. The molecule has 0 spiro atoms. The Labute approximate surface area is 160 Å². The van der Waals surface area contributed by atoms with Crippen molar-refractivity contribution in [3.05, 3.63) is 0 Å². The second-order valence-corrected chi connectivity index (χ2v) is 6.59. The molecule has 3 N–H and O–H groups in total. The predicted octanol–water partition coefficient (Wildman–Crippen LogP) is 1.24. The largest absolute Gasteiger partial charge is 0.444 e. The van der Waals surface area contributed by atoms with Crippen LogP contribution in [0.5, 0.6) is 0 Å². The molecule has 0 aromatic carbocycles. The maximum Gasteiger partial charge on any atom is 0.410 e. The molecule has 26 heavy (non-hydrogen) atoms. The molecule has 8 nitrogen and oxygen atoms in total. The monoisotopic (exact) mass is 381 g/mol. The van der Waals surface area contributed by atoms with Gasteiger partial charge in [0.1, 0.15) is 5.60 Å². The van der Waals surface area contributed by atoms with Gasteiger partial charge in [0.05, 0.1) is 45.2 Å². The van der Waals surface area contributed by atoms with E-state index < -0.39 is 17.8 Å². The van der Waals surface area contributed by atoms with Gasteiger partial charge < -0.3 is 34.6 Å². The first kappa shape index (κ1) is 25.1. The number of nitrogens with one attached hydrogen (secondary N) is 1. The van der Waals surface area contributed by atoms with Gasteiger partial charge in [-0.05, 0) is 20.8 Å². The number of hydrogen-bond donors (Lipinski definition) is 3. The van der Waals surface area contributed by atoms with E-state index in [2.05, 4.69) is 5.32 Å². The molecule has 2 atom stereocenters. The van der Waals surface area contributed by atoms with Gasteiger partial charge in [-0.3, -0.25) is 0 Å². The molecule has 2 heterocycles. The van der Waals surface area contributed by atoms with Gasteiger partial charge in [0.15, 0.2) is 0 Å². The number of aliphatic hydroxyl groups excluding tert-OH is 2. The highest BCUT2D eigenvalue weighted by Crippen LogP contribution is 2.11. The van der Waals surface area contributed by atoms with Crippen molar-refractivity contribution in [1.82, 2.24) is 10.2 Å². The van der Waals surface area contributed by atoms with E-state index in [0.717, 1.165) is 13.2 Å². The molecular formula is C18H40N2O6. The molecule has 2 aliphatic rings. The summed E-state index contributed by atoms with van der Waals surface area (Å²) in [4.78, 5) is 13.1. The fourth-order valence-electron chi connectivity index (χ4n) is 1.98. The Bertz CT molecular complexity index is 360. The lowest BCUT2D eigenvalue weighted by Crippen LogP contribution is -2.41. The number of β-amino-alcohol motifs (C(OH)–C–C–N with tert-alkyl or cyclic N) is 2. The minimum absolute atomic E-state index is 0. The van der Waals surface area contributed by atoms with Crippen molar-refractivity contribution >= 4 is 6.09 Å². The van der Waals surface area contributed by atoms with Crippen molar-refractivity contribution in [1.29, 1.82) is 0 Å². The quantitative estimate of drug-likeness (QED) is 0.580. The normalized spacial score (nSPS) is 24.1. The molecule has 2 aliphatic heterocycles. The van der Waals surface area contributed by atoms with Crippen molar-refractivity contribution in [2.45, 2.75) is 59.8 Å². The number of amides is 1. The van der Waals surface area contributed by atoms with E-state index in [9.17, 15) is 9.90 Å². The van der Waals surface area contributed by atoms with Crippen LogP contribution in [-0.4, -0.2) is 91.6 Å². The Balaban J connectivity index is 0. The van der Waals surface area contributed by atoms with E-state index in [0.29, 0.717) is 33.2 Å². The minimum Gasteiger partial charge on any atom is -0.444 e. The average molecular weight is 382 g/mol. The van der Waals surface area contributed by atoms with Crippen LogP contribution in [0.15, 0.2) is 0 Å². The summed E-state index contributed by atoms with van der Waals surface area (Å²) in [7, 11) is 0. The van der Waals surface area contributed by atoms with E-state index in [1.807, 2.05) is 20.8 Å². The number of hydrogen-bond acceptors (Lipinski definition) is 7. The van der Waals surface area contributed by atoms with Gasteiger partial charge in [-0.2, -0.15) is 0 Å². The Kier molecular flexibility index (Phi) is 14.6. The zero-order valence-corrected chi connectivity index (χ0v) is 16.0. The van der Waals surface area contributed by atoms with Crippen LogP contribution in [0, 0.1) is 0 Å².